The Kier molecular flexibility index (Phi) is 3.41. The number of carboxylic acid groups (broad SMARTS) is 1. The van der Waals surface area contributed by atoms with Crippen LogP contribution in [0.4, 0.5) is 4.39 Å². The minimum atomic E-state index is -1.32. The van der Waals surface area contributed by atoms with Crippen molar-refractivity contribution in [2.75, 3.05) is 6.61 Å². The molecular weight excluding hydrogens is 343 g/mol. The zero-order chi connectivity index (χ0) is 17.3. The first-order valence-corrected chi connectivity index (χ1v) is 9.73. The summed E-state index contributed by atoms with van der Waals surface area (Å²) in [5, 5.41) is 9.14. The lowest BCUT2D eigenvalue weighted by Crippen LogP contribution is -2.54. The molecule has 4 fully saturated rings. The van der Waals surface area contributed by atoms with E-state index in [0.29, 0.717) is 17.9 Å². The van der Waals surface area contributed by atoms with Gasteiger partial charge in [0.2, 0.25) is 0 Å². The minimum Gasteiger partial charge on any atom is -0.492 e. The molecule has 5 heteroatoms. The molecule has 0 radical (unpaired) electrons. The average Bonchev–Trinajstić information content (AvgIpc) is 3.03. The Morgan fingerprint density at radius 1 is 1.32 bits per heavy atom. The van der Waals surface area contributed by atoms with Gasteiger partial charge >= 0.3 is 5.97 Å². The Morgan fingerprint density at radius 3 is 2.96 bits per heavy atom. The molecule has 4 unspecified atom stereocenters. The standard InChI is InChI=1S/C20H22ClFO3/c21-16-6-13(19(23)24)17(22)7-18(16)25-9-14-10-4-12-5-11-2-1-3-15(14)20(11,12)8-10/h6-7,10-12,14-15H,1-5,8-9H2,(H,23,24)/t10?,11-,12?,14+,15?,20?/m0/s1. The largest absolute Gasteiger partial charge is 0.492 e. The molecule has 1 spiro atoms. The molecule has 4 aliphatic carbocycles. The number of rotatable bonds is 4. The summed E-state index contributed by atoms with van der Waals surface area (Å²) in [7, 11) is 0. The third-order valence-corrected chi connectivity index (χ3v) is 8.15. The van der Waals surface area contributed by atoms with Crippen LogP contribution in [-0.4, -0.2) is 17.7 Å². The topological polar surface area (TPSA) is 46.5 Å². The van der Waals surface area contributed by atoms with Crippen LogP contribution in [0.5, 0.6) is 5.75 Å². The molecule has 134 valence electrons. The predicted octanol–water partition coefficient (Wildman–Crippen LogP) is 5.02. The van der Waals surface area contributed by atoms with Gasteiger partial charge in [0.15, 0.2) is 0 Å². The van der Waals surface area contributed by atoms with Crippen LogP contribution in [0.3, 0.4) is 0 Å². The SMILES string of the molecule is O=C(O)c1cc(Cl)c(OC[C@@H]2C3CC4C[C@@H]5CCCC2C45C3)cc1F. The highest BCUT2D eigenvalue weighted by molar-refractivity contribution is 6.32. The Labute approximate surface area is 151 Å². The van der Waals surface area contributed by atoms with Gasteiger partial charge < -0.3 is 9.84 Å². The van der Waals surface area contributed by atoms with E-state index in [1.165, 1.54) is 38.5 Å². The fourth-order valence-electron chi connectivity index (χ4n) is 7.01. The Hall–Kier alpha value is -1.29. The molecule has 0 heterocycles. The van der Waals surface area contributed by atoms with Gasteiger partial charge in [-0.15, -0.1) is 0 Å². The molecule has 1 aromatic carbocycles. The highest BCUT2D eigenvalue weighted by atomic mass is 35.5. The van der Waals surface area contributed by atoms with E-state index < -0.39 is 17.3 Å². The van der Waals surface area contributed by atoms with E-state index >= 15 is 0 Å². The average molecular weight is 365 g/mol. The van der Waals surface area contributed by atoms with Gasteiger partial charge in [-0.3, -0.25) is 0 Å². The lowest BCUT2D eigenvalue weighted by Gasteiger charge is -2.61. The molecule has 1 aromatic rings. The van der Waals surface area contributed by atoms with Crippen LogP contribution in [-0.2, 0) is 0 Å². The van der Waals surface area contributed by atoms with E-state index in [9.17, 15) is 9.18 Å². The molecule has 5 rings (SSSR count). The maximum Gasteiger partial charge on any atom is 0.338 e. The molecular formula is C20H22ClFO3. The molecule has 0 amide bonds. The number of fused-ring (bicyclic) bond motifs is 1. The van der Waals surface area contributed by atoms with Gasteiger partial charge in [-0.1, -0.05) is 18.0 Å². The van der Waals surface area contributed by atoms with Gasteiger partial charge in [0, 0.05) is 6.07 Å². The van der Waals surface area contributed by atoms with Crippen molar-refractivity contribution in [2.45, 2.75) is 38.5 Å². The van der Waals surface area contributed by atoms with Crippen molar-refractivity contribution in [3.05, 3.63) is 28.5 Å². The minimum absolute atomic E-state index is 0.170. The smallest absolute Gasteiger partial charge is 0.338 e. The van der Waals surface area contributed by atoms with Crippen molar-refractivity contribution < 1.29 is 19.0 Å². The maximum absolute atomic E-state index is 13.9. The highest BCUT2D eigenvalue weighted by Gasteiger charge is 2.70. The number of carbonyl (C=O) groups is 1. The van der Waals surface area contributed by atoms with Gasteiger partial charge in [-0.05, 0) is 73.2 Å². The molecule has 4 saturated carbocycles. The second kappa shape index (κ2) is 5.35. The van der Waals surface area contributed by atoms with Crippen LogP contribution in [0.15, 0.2) is 12.1 Å². The third-order valence-electron chi connectivity index (χ3n) is 7.86. The number of benzene rings is 1. The molecule has 6 atom stereocenters. The first-order valence-electron chi connectivity index (χ1n) is 9.36. The first kappa shape index (κ1) is 15.9. The van der Waals surface area contributed by atoms with Crippen molar-refractivity contribution in [2.24, 2.45) is 35.0 Å². The van der Waals surface area contributed by atoms with Crippen LogP contribution >= 0.6 is 11.6 Å². The molecule has 0 aliphatic heterocycles. The molecule has 4 aliphatic rings. The van der Waals surface area contributed by atoms with Crippen LogP contribution in [0.25, 0.3) is 0 Å². The van der Waals surface area contributed by atoms with Gasteiger partial charge in [-0.2, -0.15) is 0 Å². The van der Waals surface area contributed by atoms with Crippen LogP contribution in [0.1, 0.15) is 48.9 Å². The fourth-order valence-corrected chi connectivity index (χ4v) is 7.23. The zero-order valence-corrected chi connectivity index (χ0v) is 14.8. The van der Waals surface area contributed by atoms with E-state index in [4.69, 9.17) is 21.4 Å². The summed E-state index contributed by atoms with van der Waals surface area (Å²) in [6.45, 7) is 0.572. The van der Waals surface area contributed by atoms with Gasteiger partial charge in [0.25, 0.3) is 0 Å². The summed E-state index contributed by atoms with van der Waals surface area (Å²) in [4.78, 5) is 11.0. The summed E-state index contributed by atoms with van der Waals surface area (Å²) in [5.41, 5.74) is 0.183. The second-order valence-corrected chi connectivity index (χ2v) is 8.93. The summed E-state index contributed by atoms with van der Waals surface area (Å²) in [6.07, 6.45) is 8.17. The maximum atomic E-state index is 13.9. The zero-order valence-electron chi connectivity index (χ0n) is 14.0. The van der Waals surface area contributed by atoms with Crippen molar-refractivity contribution in [3.8, 4) is 5.75 Å². The number of ether oxygens (including phenoxy) is 1. The summed E-state index contributed by atoms with van der Waals surface area (Å²) >= 11 is 6.12. The molecule has 0 aromatic heterocycles. The lowest BCUT2D eigenvalue weighted by atomic mass is 9.44. The Balaban J connectivity index is 1.34. The normalized spacial score (nSPS) is 40.5. The molecule has 25 heavy (non-hydrogen) atoms. The molecule has 1 N–H and O–H groups in total. The summed E-state index contributed by atoms with van der Waals surface area (Å²) in [6, 6.07) is 2.26. The van der Waals surface area contributed by atoms with E-state index in [1.807, 2.05) is 0 Å². The Morgan fingerprint density at radius 2 is 2.16 bits per heavy atom. The summed E-state index contributed by atoms with van der Waals surface area (Å²) in [5.74, 6) is 2.06. The van der Waals surface area contributed by atoms with Gasteiger partial charge in [-0.25, -0.2) is 9.18 Å². The van der Waals surface area contributed by atoms with Gasteiger partial charge in [0.1, 0.15) is 11.6 Å². The lowest BCUT2D eigenvalue weighted by molar-refractivity contribution is -0.127. The van der Waals surface area contributed by atoms with E-state index in [2.05, 4.69) is 0 Å². The van der Waals surface area contributed by atoms with Crippen molar-refractivity contribution in [1.82, 2.24) is 0 Å². The van der Waals surface area contributed by atoms with Crippen molar-refractivity contribution >= 4 is 17.6 Å². The van der Waals surface area contributed by atoms with E-state index in [0.717, 1.165) is 35.8 Å². The number of carboxylic acids is 1. The second-order valence-electron chi connectivity index (χ2n) is 8.52. The highest BCUT2D eigenvalue weighted by Crippen LogP contribution is 2.77. The number of aromatic carboxylic acids is 1. The van der Waals surface area contributed by atoms with Crippen LogP contribution in [0.2, 0.25) is 5.02 Å². The van der Waals surface area contributed by atoms with E-state index in [1.54, 1.807) is 0 Å². The van der Waals surface area contributed by atoms with Crippen LogP contribution < -0.4 is 4.74 Å². The Bertz CT molecular complexity index is 751. The molecule has 3 nitrogen and oxygen atoms in total. The quantitative estimate of drug-likeness (QED) is 0.816. The van der Waals surface area contributed by atoms with Crippen molar-refractivity contribution in [3.63, 3.8) is 0 Å². The number of hydrogen-bond donors (Lipinski definition) is 1. The van der Waals surface area contributed by atoms with Gasteiger partial charge in [0.05, 0.1) is 17.2 Å². The monoisotopic (exact) mass is 364 g/mol. The number of halogens is 2. The van der Waals surface area contributed by atoms with Crippen molar-refractivity contribution in [1.29, 1.82) is 0 Å². The molecule has 2 bridgehead atoms. The number of hydrogen-bond acceptors (Lipinski definition) is 2. The third kappa shape index (κ3) is 2.06. The van der Waals surface area contributed by atoms with Crippen LogP contribution in [0, 0.1) is 40.8 Å². The first-order chi connectivity index (χ1) is 12.0. The van der Waals surface area contributed by atoms with E-state index in [-0.39, 0.29) is 10.8 Å². The summed E-state index contributed by atoms with van der Waals surface area (Å²) < 4.78 is 19.9. The predicted molar refractivity (Wildman–Crippen MR) is 91.4 cm³/mol. The molecule has 0 saturated heterocycles. The fraction of sp³-hybridized carbons (Fsp3) is 0.650.